The van der Waals surface area contributed by atoms with Gasteiger partial charge in [0.15, 0.2) is 11.5 Å². The van der Waals surface area contributed by atoms with Crippen molar-refractivity contribution >= 4 is 11.8 Å². The molecule has 1 atom stereocenters. The number of halogens is 3. The Kier molecular flexibility index (Phi) is 3.59. The van der Waals surface area contributed by atoms with E-state index in [9.17, 15) is 18.0 Å². The van der Waals surface area contributed by atoms with Crippen LogP contribution in [0.15, 0.2) is 12.1 Å². The molecular formula is C11H12F3N3O2. The largest absolute Gasteiger partial charge is 0.467 e. The lowest BCUT2D eigenvalue weighted by molar-refractivity contribution is -0.143. The summed E-state index contributed by atoms with van der Waals surface area (Å²) in [5.41, 5.74) is -1.05. The minimum atomic E-state index is -4.52. The van der Waals surface area contributed by atoms with Crippen molar-refractivity contribution in [1.29, 1.82) is 0 Å². The van der Waals surface area contributed by atoms with Crippen LogP contribution in [-0.2, 0) is 15.7 Å². The zero-order valence-corrected chi connectivity index (χ0v) is 10.1. The van der Waals surface area contributed by atoms with E-state index in [-0.39, 0.29) is 5.82 Å². The number of esters is 1. The fraction of sp³-hybridized carbons (Fsp3) is 0.545. The fourth-order valence-corrected chi connectivity index (χ4v) is 2.05. The van der Waals surface area contributed by atoms with E-state index in [0.717, 1.165) is 12.5 Å². The van der Waals surface area contributed by atoms with E-state index in [1.54, 1.807) is 4.90 Å². The maximum Gasteiger partial charge on any atom is 0.435 e. The monoisotopic (exact) mass is 275 g/mol. The average molecular weight is 275 g/mol. The highest BCUT2D eigenvalue weighted by molar-refractivity contribution is 5.80. The van der Waals surface area contributed by atoms with Gasteiger partial charge in [0.1, 0.15) is 6.04 Å². The Bertz CT molecular complexity index is 461. The summed E-state index contributed by atoms with van der Waals surface area (Å²) in [5.74, 6) is -0.167. The van der Waals surface area contributed by atoms with Gasteiger partial charge in [0, 0.05) is 6.54 Å². The Balaban J connectivity index is 2.20. The molecule has 8 heteroatoms. The molecule has 2 heterocycles. The second-order valence-electron chi connectivity index (χ2n) is 4.15. The molecule has 19 heavy (non-hydrogen) atoms. The van der Waals surface area contributed by atoms with Gasteiger partial charge in [-0.25, -0.2) is 4.79 Å². The van der Waals surface area contributed by atoms with Crippen LogP contribution >= 0.6 is 0 Å². The van der Waals surface area contributed by atoms with Crippen LogP contribution in [0.3, 0.4) is 0 Å². The van der Waals surface area contributed by atoms with Crippen molar-refractivity contribution in [3.63, 3.8) is 0 Å². The van der Waals surface area contributed by atoms with E-state index >= 15 is 0 Å². The van der Waals surface area contributed by atoms with Crippen LogP contribution in [0.4, 0.5) is 19.0 Å². The van der Waals surface area contributed by atoms with Crippen LogP contribution in [-0.4, -0.2) is 35.9 Å². The first-order valence-corrected chi connectivity index (χ1v) is 5.69. The summed E-state index contributed by atoms with van der Waals surface area (Å²) in [7, 11) is 1.28. The molecule has 0 amide bonds. The highest BCUT2D eigenvalue weighted by atomic mass is 19.4. The van der Waals surface area contributed by atoms with Crippen molar-refractivity contribution < 1.29 is 22.7 Å². The van der Waals surface area contributed by atoms with Gasteiger partial charge in [-0.1, -0.05) is 0 Å². The molecule has 0 bridgehead atoms. The molecule has 1 aromatic rings. The maximum absolute atomic E-state index is 12.4. The zero-order chi connectivity index (χ0) is 14.0. The first-order valence-electron chi connectivity index (χ1n) is 5.69. The molecule has 1 aliphatic rings. The Labute approximate surface area is 107 Å². The molecule has 1 aliphatic heterocycles. The number of rotatable bonds is 2. The number of methoxy groups -OCH3 is 1. The molecule has 0 radical (unpaired) electrons. The van der Waals surface area contributed by atoms with Crippen LogP contribution in [0, 0.1) is 0 Å². The van der Waals surface area contributed by atoms with Crippen LogP contribution in [0.5, 0.6) is 0 Å². The number of carbonyl (C=O) groups is 1. The molecule has 0 aromatic carbocycles. The first kappa shape index (κ1) is 13.6. The van der Waals surface area contributed by atoms with Crippen LogP contribution in [0.1, 0.15) is 18.5 Å². The maximum atomic E-state index is 12.4. The van der Waals surface area contributed by atoms with Crippen LogP contribution < -0.4 is 4.90 Å². The number of hydrogen-bond donors (Lipinski definition) is 0. The lowest BCUT2D eigenvalue weighted by Crippen LogP contribution is -2.37. The van der Waals surface area contributed by atoms with Gasteiger partial charge in [0.25, 0.3) is 0 Å². The number of aromatic nitrogens is 2. The number of nitrogens with zero attached hydrogens (tertiary/aromatic N) is 3. The van der Waals surface area contributed by atoms with Gasteiger partial charge in [0.2, 0.25) is 0 Å². The van der Waals surface area contributed by atoms with Gasteiger partial charge in [-0.2, -0.15) is 13.2 Å². The molecule has 1 saturated heterocycles. The fourth-order valence-electron chi connectivity index (χ4n) is 2.05. The smallest absolute Gasteiger partial charge is 0.435 e. The Morgan fingerprint density at radius 2 is 2.16 bits per heavy atom. The highest BCUT2D eigenvalue weighted by Gasteiger charge is 2.35. The van der Waals surface area contributed by atoms with E-state index in [4.69, 9.17) is 0 Å². The van der Waals surface area contributed by atoms with Gasteiger partial charge in [-0.3, -0.25) is 0 Å². The lowest BCUT2D eigenvalue weighted by atomic mass is 10.2. The molecule has 5 nitrogen and oxygen atoms in total. The third-order valence-electron chi connectivity index (χ3n) is 2.96. The van der Waals surface area contributed by atoms with Gasteiger partial charge < -0.3 is 9.64 Å². The van der Waals surface area contributed by atoms with Gasteiger partial charge >= 0.3 is 12.1 Å². The van der Waals surface area contributed by atoms with Crippen molar-refractivity contribution in [3.05, 3.63) is 17.8 Å². The van der Waals surface area contributed by atoms with Crippen molar-refractivity contribution in [2.24, 2.45) is 0 Å². The topological polar surface area (TPSA) is 55.3 Å². The Morgan fingerprint density at radius 1 is 1.42 bits per heavy atom. The summed E-state index contributed by atoms with van der Waals surface area (Å²) in [4.78, 5) is 13.1. The molecule has 0 saturated carbocycles. The van der Waals surface area contributed by atoms with Gasteiger partial charge in [-0.05, 0) is 25.0 Å². The van der Waals surface area contributed by atoms with E-state index in [2.05, 4.69) is 14.9 Å². The van der Waals surface area contributed by atoms with Crippen molar-refractivity contribution in [1.82, 2.24) is 10.2 Å². The van der Waals surface area contributed by atoms with Gasteiger partial charge in [0.05, 0.1) is 7.11 Å². The standard InChI is InChI=1S/C11H12F3N3O2/c1-19-10(18)7-3-2-6-17(7)9-5-4-8(15-16-9)11(12,13)14/h4-5,7H,2-3,6H2,1H3. The molecule has 0 N–H and O–H groups in total. The summed E-state index contributed by atoms with van der Waals surface area (Å²) < 4.78 is 41.8. The second kappa shape index (κ2) is 5.02. The molecule has 1 aromatic heterocycles. The highest BCUT2D eigenvalue weighted by Crippen LogP contribution is 2.29. The van der Waals surface area contributed by atoms with E-state index in [1.807, 2.05) is 0 Å². The summed E-state index contributed by atoms with van der Waals surface area (Å²) in [6.07, 6.45) is -3.17. The van der Waals surface area contributed by atoms with Crippen LogP contribution in [0.2, 0.25) is 0 Å². The summed E-state index contributed by atoms with van der Waals surface area (Å²) >= 11 is 0. The normalized spacial score (nSPS) is 19.6. The number of ether oxygens (including phenoxy) is 1. The predicted octanol–water partition coefficient (Wildman–Crippen LogP) is 1.64. The van der Waals surface area contributed by atoms with E-state index in [1.165, 1.54) is 13.2 Å². The summed E-state index contributed by atoms with van der Waals surface area (Å²) in [6, 6.07) is 1.57. The molecule has 1 fully saturated rings. The molecule has 0 aliphatic carbocycles. The minimum Gasteiger partial charge on any atom is -0.467 e. The lowest BCUT2D eigenvalue weighted by Gasteiger charge is -2.23. The van der Waals surface area contributed by atoms with Gasteiger partial charge in [-0.15, -0.1) is 10.2 Å². The Morgan fingerprint density at radius 3 is 2.68 bits per heavy atom. The minimum absolute atomic E-state index is 0.251. The first-order chi connectivity index (χ1) is 8.93. The molecule has 1 unspecified atom stereocenters. The van der Waals surface area contributed by atoms with Crippen molar-refractivity contribution in [2.75, 3.05) is 18.6 Å². The third-order valence-corrected chi connectivity index (χ3v) is 2.96. The number of carbonyl (C=O) groups excluding carboxylic acids is 1. The molecular weight excluding hydrogens is 263 g/mol. The SMILES string of the molecule is COC(=O)C1CCCN1c1ccc(C(F)(F)F)nn1. The predicted molar refractivity (Wildman–Crippen MR) is 59.4 cm³/mol. The second-order valence-corrected chi connectivity index (χ2v) is 4.15. The molecule has 2 rings (SSSR count). The van der Waals surface area contributed by atoms with E-state index in [0.29, 0.717) is 13.0 Å². The number of hydrogen-bond acceptors (Lipinski definition) is 5. The summed E-state index contributed by atoms with van der Waals surface area (Å²) in [5, 5.41) is 6.69. The van der Waals surface area contributed by atoms with Crippen LogP contribution in [0.25, 0.3) is 0 Å². The summed E-state index contributed by atoms with van der Waals surface area (Å²) in [6.45, 7) is 0.541. The quantitative estimate of drug-likeness (QED) is 0.768. The molecule has 0 spiro atoms. The third kappa shape index (κ3) is 2.77. The van der Waals surface area contributed by atoms with Crippen molar-refractivity contribution in [3.8, 4) is 0 Å². The Hall–Kier alpha value is -1.86. The zero-order valence-electron chi connectivity index (χ0n) is 10.1. The molecule has 104 valence electrons. The van der Waals surface area contributed by atoms with Crippen molar-refractivity contribution in [2.45, 2.75) is 25.1 Å². The number of anilines is 1. The number of alkyl halides is 3. The average Bonchev–Trinajstić information content (AvgIpc) is 2.86. The van der Waals surface area contributed by atoms with E-state index < -0.39 is 23.9 Å².